The number of amides is 2. The Morgan fingerprint density at radius 2 is 2.05 bits per heavy atom. The molecular weight excluding hydrogens is 280 g/mol. The van der Waals surface area contributed by atoms with Crippen LogP contribution >= 0.6 is 0 Å². The molecular formula is C13H20N2O6. The van der Waals surface area contributed by atoms with Gasteiger partial charge in [0.05, 0.1) is 6.61 Å². The predicted octanol–water partition coefficient (Wildman–Crippen LogP) is 0.312. The first kappa shape index (κ1) is 15.6. The molecule has 0 saturated carbocycles. The van der Waals surface area contributed by atoms with E-state index in [9.17, 15) is 14.4 Å². The van der Waals surface area contributed by atoms with E-state index < -0.39 is 41.9 Å². The highest BCUT2D eigenvalue weighted by atomic mass is 16.6. The maximum absolute atomic E-state index is 12.3. The van der Waals surface area contributed by atoms with E-state index in [1.807, 2.05) is 0 Å². The Morgan fingerprint density at radius 3 is 2.62 bits per heavy atom. The number of nitrogens with zero attached hydrogens (tertiary/aromatic N) is 1. The smallest absolute Gasteiger partial charge is 0.408 e. The summed E-state index contributed by atoms with van der Waals surface area (Å²) >= 11 is 0. The zero-order valence-electron chi connectivity index (χ0n) is 12.3. The molecule has 8 heteroatoms. The second-order valence-electron chi connectivity index (χ2n) is 6.16. The molecule has 2 rings (SSSR count). The van der Waals surface area contributed by atoms with E-state index in [0.29, 0.717) is 12.8 Å². The summed E-state index contributed by atoms with van der Waals surface area (Å²) in [7, 11) is 0. The summed E-state index contributed by atoms with van der Waals surface area (Å²) in [5.74, 6) is -1.51. The molecule has 0 aromatic carbocycles. The maximum atomic E-state index is 12.3. The molecule has 0 unspecified atom stereocenters. The number of nitrogens with one attached hydrogen (secondary N) is 1. The van der Waals surface area contributed by atoms with Crippen LogP contribution < -0.4 is 5.32 Å². The van der Waals surface area contributed by atoms with Gasteiger partial charge >= 0.3 is 12.1 Å². The number of ether oxygens (including phenoxy) is 2. The van der Waals surface area contributed by atoms with Gasteiger partial charge in [0.15, 0.2) is 0 Å². The Bertz CT molecular complexity index is 458. The van der Waals surface area contributed by atoms with Gasteiger partial charge in [0, 0.05) is 0 Å². The molecule has 3 atom stereocenters. The van der Waals surface area contributed by atoms with Crippen molar-refractivity contribution in [2.75, 3.05) is 6.61 Å². The van der Waals surface area contributed by atoms with Crippen LogP contribution in [0.15, 0.2) is 0 Å². The molecule has 2 saturated heterocycles. The minimum absolute atomic E-state index is 0.0194. The molecule has 0 aromatic rings. The summed E-state index contributed by atoms with van der Waals surface area (Å²) in [6.07, 6.45) is -0.406. The average molecular weight is 300 g/mol. The zero-order valence-corrected chi connectivity index (χ0v) is 12.3. The van der Waals surface area contributed by atoms with Gasteiger partial charge in [-0.15, -0.1) is 0 Å². The zero-order chi connectivity index (χ0) is 15.8. The molecule has 0 spiro atoms. The molecule has 118 valence electrons. The highest BCUT2D eigenvalue weighted by molar-refractivity contribution is 5.90. The van der Waals surface area contributed by atoms with Crippen LogP contribution in [0, 0.1) is 0 Å². The molecule has 0 aliphatic carbocycles. The number of rotatable bonds is 2. The number of carbonyl (C=O) groups is 3. The fourth-order valence-corrected chi connectivity index (χ4v) is 2.49. The van der Waals surface area contributed by atoms with E-state index in [4.69, 9.17) is 14.6 Å². The molecule has 0 bridgehead atoms. The third kappa shape index (κ3) is 3.44. The van der Waals surface area contributed by atoms with Crippen molar-refractivity contribution in [3.8, 4) is 0 Å². The van der Waals surface area contributed by atoms with E-state index in [1.54, 1.807) is 20.8 Å². The summed E-state index contributed by atoms with van der Waals surface area (Å²) in [5, 5.41) is 11.6. The second kappa shape index (κ2) is 5.51. The number of hydrogen-bond acceptors (Lipinski definition) is 5. The van der Waals surface area contributed by atoms with Crippen molar-refractivity contribution in [3.63, 3.8) is 0 Å². The number of fused-ring (bicyclic) bond motifs is 1. The van der Waals surface area contributed by atoms with Gasteiger partial charge in [0.1, 0.15) is 23.9 Å². The van der Waals surface area contributed by atoms with Crippen molar-refractivity contribution in [2.45, 2.75) is 57.5 Å². The normalized spacial score (nSPS) is 29.0. The number of aliphatic carboxylic acids is 1. The fraction of sp³-hybridized carbons (Fsp3) is 0.769. The molecule has 2 aliphatic heterocycles. The number of alkyl carbamates (subject to hydrolysis) is 1. The van der Waals surface area contributed by atoms with Gasteiger partial charge in [-0.05, 0) is 33.6 Å². The van der Waals surface area contributed by atoms with Crippen LogP contribution in [0.4, 0.5) is 4.79 Å². The molecule has 21 heavy (non-hydrogen) atoms. The van der Waals surface area contributed by atoms with Crippen molar-refractivity contribution >= 4 is 18.0 Å². The summed E-state index contributed by atoms with van der Waals surface area (Å²) < 4.78 is 10.5. The molecule has 0 radical (unpaired) electrons. The Hall–Kier alpha value is -1.83. The molecule has 2 fully saturated rings. The van der Waals surface area contributed by atoms with Crippen molar-refractivity contribution in [2.24, 2.45) is 0 Å². The van der Waals surface area contributed by atoms with Gasteiger partial charge in [-0.25, -0.2) is 9.59 Å². The van der Waals surface area contributed by atoms with Crippen LogP contribution in [-0.2, 0) is 19.1 Å². The first-order valence-electron chi connectivity index (χ1n) is 6.85. The topological polar surface area (TPSA) is 105 Å². The van der Waals surface area contributed by atoms with E-state index in [-0.39, 0.29) is 6.61 Å². The van der Waals surface area contributed by atoms with E-state index in [0.717, 1.165) is 0 Å². The largest absolute Gasteiger partial charge is 0.480 e. The van der Waals surface area contributed by atoms with Gasteiger partial charge in [-0.1, -0.05) is 0 Å². The van der Waals surface area contributed by atoms with Crippen LogP contribution in [-0.4, -0.2) is 58.5 Å². The minimum Gasteiger partial charge on any atom is -0.480 e. The Balaban J connectivity index is 2.02. The molecule has 0 aromatic heterocycles. The Kier molecular flexibility index (Phi) is 4.08. The van der Waals surface area contributed by atoms with E-state index in [2.05, 4.69) is 5.32 Å². The molecule has 2 N–H and O–H groups in total. The summed E-state index contributed by atoms with van der Waals surface area (Å²) in [6.45, 7) is 5.15. The lowest BCUT2D eigenvalue weighted by Crippen LogP contribution is -2.60. The molecule has 2 heterocycles. The highest BCUT2D eigenvalue weighted by Crippen LogP contribution is 2.29. The van der Waals surface area contributed by atoms with Gasteiger partial charge in [0.2, 0.25) is 5.91 Å². The van der Waals surface area contributed by atoms with E-state index in [1.165, 1.54) is 4.90 Å². The number of carboxylic acids is 1. The van der Waals surface area contributed by atoms with Crippen LogP contribution in [0.5, 0.6) is 0 Å². The lowest BCUT2D eigenvalue weighted by Gasteiger charge is -2.36. The monoisotopic (exact) mass is 300 g/mol. The lowest BCUT2D eigenvalue weighted by atomic mass is 10.2. The van der Waals surface area contributed by atoms with Crippen LogP contribution in [0.1, 0.15) is 33.6 Å². The summed E-state index contributed by atoms with van der Waals surface area (Å²) in [5.41, 5.74) is -0.678. The number of hydrogen-bond donors (Lipinski definition) is 2. The highest BCUT2D eigenvalue weighted by Gasteiger charge is 2.47. The van der Waals surface area contributed by atoms with E-state index >= 15 is 0 Å². The van der Waals surface area contributed by atoms with Crippen LogP contribution in [0.3, 0.4) is 0 Å². The fourth-order valence-electron chi connectivity index (χ4n) is 2.49. The average Bonchev–Trinajstić information content (AvgIpc) is 2.75. The third-order valence-corrected chi connectivity index (χ3v) is 3.32. The first-order chi connectivity index (χ1) is 9.69. The van der Waals surface area contributed by atoms with Gasteiger partial charge in [-0.2, -0.15) is 0 Å². The van der Waals surface area contributed by atoms with Crippen molar-refractivity contribution in [3.05, 3.63) is 0 Å². The SMILES string of the molecule is CC(C)(C)OC(=O)N[C@H]1CO[C@H]2CC[C@@H](C(=O)O)N2C1=O. The predicted molar refractivity (Wildman–Crippen MR) is 70.4 cm³/mol. The Morgan fingerprint density at radius 1 is 1.38 bits per heavy atom. The van der Waals surface area contributed by atoms with Crippen LogP contribution in [0.2, 0.25) is 0 Å². The van der Waals surface area contributed by atoms with Gasteiger partial charge < -0.3 is 24.8 Å². The van der Waals surface area contributed by atoms with Crippen molar-refractivity contribution in [1.29, 1.82) is 0 Å². The number of carboxylic acid groups (broad SMARTS) is 1. The third-order valence-electron chi connectivity index (χ3n) is 3.32. The standard InChI is InChI=1S/C13H20N2O6/c1-13(2,3)21-12(19)14-7-6-20-9-5-4-8(11(17)18)15(9)10(7)16/h7-9H,4-6H2,1-3H3,(H,14,19)(H,17,18)/t7-,8-,9-/m0/s1. The molecule has 8 nitrogen and oxygen atoms in total. The van der Waals surface area contributed by atoms with Crippen molar-refractivity contribution in [1.82, 2.24) is 10.2 Å². The molecule has 2 aliphatic rings. The minimum atomic E-state index is -1.06. The summed E-state index contributed by atoms with van der Waals surface area (Å²) in [4.78, 5) is 36.4. The lowest BCUT2D eigenvalue weighted by molar-refractivity contribution is -0.170. The summed E-state index contributed by atoms with van der Waals surface area (Å²) in [6, 6.07) is -1.82. The first-order valence-corrected chi connectivity index (χ1v) is 6.85. The van der Waals surface area contributed by atoms with Crippen molar-refractivity contribution < 1.29 is 29.0 Å². The molecule has 2 amide bonds. The van der Waals surface area contributed by atoms with Gasteiger partial charge in [0.25, 0.3) is 0 Å². The second-order valence-corrected chi connectivity index (χ2v) is 6.16. The van der Waals surface area contributed by atoms with Gasteiger partial charge in [-0.3, -0.25) is 4.79 Å². The maximum Gasteiger partial charge on any atom is 0.408 e. The Labute approximate surface area is 122 Å². The quantitative estimate of drug-likeness (QED) is 0.760. The van der Waals surface area contributed by atoms with Crippen LogP contribution in [0.25, 0.3) is 0 Å². The number of carbonyl (C=O) groups excluding carboxylic acids is 2.